The first kappa shape index (κ1) is 14.7. The first-order valence-corrected chi connectivity index (χ1v) is 4.38. The van der Waals surface area contributed by atoms with Gasteiger partial charge in [-0.2, -0.15) is 5.26 Å². The summed E-state index contributed by atoms with van der Waals surface area (Å²) in [6.07, 6.45) is 0. The molecule has 0 aromatic heterocycles. The van der Waals surface area contributed by atoms with Gasteiger partial charge in [-0.15, -0.1) is 0 Å². The molecule has 1 aromatic carbocycles. The Hall–Kier alpha value is -0.850. The second-order valence-corrected chi connectivity index (χ2v) is 3.01. The Kier molecular flexibility index (Phi) is 12.6. The van der Waals surface area contributed by atoms with Gasteiger partial charge in [-0.1, -0.05) is 27.5 Å². The monoisotopic (exact) mass is 261 g/mol. The van der Waals surface area contributed by atoms with Crippen LogP contribution < -0.4 is 0 Å². The Morgan fingerprint density at radius 2 is 1.69 bits per heavy atom. The molecule has 0 saturated heterocycles. The lowest BCUT2D eigenvalue weighted by Crippen LogP contribution is -1.61. The molecular weight excluding hydrogens is 253 g/mol. The van der Waals surface area contributed by atoms with Crippen molar-refractivity contribution in [1.82, 2.24) is 0 Å². The molecule has 4 heteroatoms. The molecule has 0 aliphatic rings. The lowest BCUT2D eigenvalue weighted by Gasteiger charge is -1.86. The van der Waals surface area contributed by atoms with E-state index in [2.05, 4.69) is 15.9 Å². The summed E-state index contributed by atoms with van der Waals surface area (Å²) >= 11 is 8.88. The van der Waals surface area contributed by atoms with Crippen LogP contribution in [-0.2, 0) is 4.79 Å². The van der Waals surface area contributed by atoms with Crippen LogP contribution >= 0.6 is 27.5 Å². The summed E-state index contributed by atoms with van der Waals surface area (Å²) in [6.45, 7) is 3.43. The standard InChI is InChI=1S/C6H4BrCl.C2H3N.CH2O/c7-5-1-3-6(8)4-2-5;1-2-3;1-2/h1-4H;1H3;1H2. The first-order chi connectivity index (χ1) is 6.20. The molecular formula is C9H9BrClNO. The summed E-state index contributed by atoms with van der Waals surface area (Å²) in [5, 5.41) is 8.09. The quantitative estimate of drug-likeness (QED) is 0.718. The van der Waals surface area contributed by atoms with Crippen LogP contribution in [0.3, 0.4) is 0 Å². The van der Waals surface area contributed by atoms with Gasteiger partial charge in [0.1, 0.15) is 6.79 Å². The topological polar surface area (TPSA) is 40.9 Å². The number of hydrogen-bond acceptors (Lipinski definition) is 2. The number of rotatable bonds is 0. The molecule has 0 N–H and O–H groups in total. The van der Waals surface area contributed by atoms with E-state index >= 15 is 0 Å². The molecule has 2 nitrogen and oxygen atoms in total. The summed E-state index contributed by atoms with van der Waals surface area (Å²) in [5.74, 6) is 0. The van der Waals surface area contributed by atoms with Crippen molar-refractivity contribution in [3.05, 3.63) is 33.8 Å². The fourth-order valence-electron chi connectivity index (χ4n) is 0.430. The molecule has 13 heavy (non-hydrogen) atoms. The van der Waals surface area contributed by atoms with E-state index in [-0.39, 0.29) is 0 Å². The Morgan fingerprint density at radius 1 is 1.38 bits per heavy atom. The SMILES string of the molecule is C=O.CC#N.Clc1ccc(Br)cc1. The van der Waals surface area contributed by atoms with E-state index in [1.807, 2.05) is 31.1 Å². The smallest absolute Gasteiger partial charge is 0.106 e. The van der Waals surface area contributed by atoms with Crippen molar-refractivity contribution in [3.63, 3.8) is 0 Å². The highest BCUT2D eigenvalue weighted by molar-refractivity contribution is 9.10. The molecule has 0 amide bonds. The van der Waals surface area contributed by atoms with Gasteiger partial charge >= 0.3 is 0 Å². The average molecular weight is 263 g/mol. The Labute approximate surface area is 91.3 Å². The Balaban J connectivity index is 0. The van der Waals surface area contributed by atoms with Crippen molar-refractivity contribution in [2.24, 2.45) is 0 Å². The minimum Gasteiger partial charge on any atom is -0.307 e. The van der Waals surface area contributed by atoms with Crippen LogP contribution in [0.2, 0.25) is 5.02 Å². The van der Waals surface area contributed by atoms with Gasteiger partial charge in [-0.05, 0) is 24.3 Å². The first-order valence-electron chi connectivity index (χ1n) is 3.21. The van der Waals surface area contributed by atoms with Crippen LogP contribution in [0.15, 0.2) is 28.7 Å². The number of nitriles is 1. The van der Waals surface area contributed by atoms with Gasteiger partial charge in [0.2, 0.25) is 0 Å². The van der Waals surface area contributed by atoms with E-state index in [0.29, 0.717) is 0 Å². The summed E-state index contributed by atoms with van der Waals surface area (Å²) < 4.78 is 1.06. The van der Waals surface area contributed by atoms with Crippen molar-refractivity contribution in [2.75, 3.05) is 0 Å². The van der Waals surface area contributed by atoms with E-state index in [0.717, 1.165) is 9.50 Å². The van der Waals surface area contributed by atoms with E-state index < -0.39 is 0 Å². The highest BCUT2D eigenvalue weighted by Crippen LogP contribution is 2.13. The maximum atomic E-state index is 8.00. The number of carbonyl (C=O) groups is 1. The Morgan fingerprint density at radius 3 is 1.92 bits per heavy atom. The predicted molar refractivity (Wildman–Crippen MR) is 57.6 cm³/mol. The molecule has 0 saturated carbocycles. The number of halogens is 2. The van der Waals surface area contributed by atoms with E-state index in [1.165, 1.54) is 6.92 Å². The summed E-state index contributed by atoms with van der Waals surface area (Å²) in [5.41, 5.74) is 0. The highest BCUT2D eigenvalue weighted by Gasteiger charge is 1.83. The Bertz CT molecular complexity index is 234. The van der Waals surface area contributed by atoms with Gasteiger partial charge in [-0.25, -0.2) is 0 Å². The highest BCUT2D eigenvalue weighted by atomic mass is 79.9. The molecule has 70 valence electrons. The molecule has 1 rings (SSSR count). The molecule has 0 fully saturated rings. The zero-order valence-electron chi connectivity index (χ0n) is 7.13. The molecule has 0 radical (unpaired) electrons. The molecule has 0 unspecified atom stereocenters. The van der Waals surface area contributed by atoms with E-state index in [1.54, 1.807) is 6.07 Å². The van der Waals surface area contributed by atoms with Crippen LogP contribution in [0.4, 0.5) is 0 Å². The second kappa shape index (κ2) is 11.2. The van der Waals surface area contributed by atoms with E-state index in [9.17, 15) is 0 Å². The van der Waals surface area contributed by atoms with Crippen molar-refractivity contribution >= 4 is 34.3 Å². The zero-order chi connectivity index (χ0) is 10.7. The van der Waals surface area contributed by atoms with Gasteiger partial charge in [0.15, 0.2) is 0 Å². The van der Waals surface area contributed by atoms with Crippen LogP contribution in [0.25, 0.3) is 0 Å². The van der Waals surface area contributed by atoms with Crippen molar-refractivity contribution in [1.29, 1.82) is 5.26 Å². The lowest BCUT2D eigenvalue weighted by atomic mass is 10.4. The fraction of sp³-hybridized carbons (Fsp3) is 0.111. The van der Waals surface area contributed by atoms with Crippen molar-refractivity contribution < 1.29 is 4.79 Å². The normalized spacial score (nSPS) is 6.62. The number of carbonyl (C=O) groups excluding carboxylic acids is 1. The predicted octanol–water partition coefficient (Wildman–Crippen LogP) is 3.45. The molecule has 0 aliphatic carbocycles. The zero-order valence-corrected chi connectivity index (χ0v) is 9.47. The minimum absolute atomic E-state index is 0.771. The molecule has 0 aliphatic heterocycles. The number of benzene rings is 1. The van der Waals surface area contributed by atoms with Gasteiger partial charge in [0.25, 0.3) is 0 Å². The fourth-order valence-corrected chi connectivity index (χ4v) is 0.820. The number of hydrogen-bond donors (Lipinski definition) is 0. The average Bonchev–Trinajstić information content (AvgIpc) is 2.15. The number of nitrogens with zero attached hydrogens (tertiary/aromatic N) is 1. The molecule has 0 atom stereocenters. The van der Waals surface area contributed by atoms with Crippen LogP contribution in [0.5, 0.6) is 0 Å². The third-order valence-electron chi connectivity index (χ3n) is 0.804. The van der Waals surface area contributed by atoms with Crippen molar-refractivity contribution in [3.8, 4) is 6.07 Å². The minimum atomic E-state index is 0.771. The second-order valence-electron chi connectivity index (χ2n) is 1.66. The van der Waals surface area contributed by atoms with Crippen LogP contribution in [-0.4, -0.2) is 6.79 Å². The molecule has 0 bridgehead atoms. The van der Waals surface area contributed by atoms with Gasteiger partial charge in [-0.3, -0.25) is 0 Å². The van der Waals surface area contributed by atoms with Gasteiger partial charge in [0, 0.05) is 16.4 Å². The summed E-state index contributed by atoms with van der Waals surface area (Å²) in [4.78, 5) is 8.00. The molecule has 0 heterocycles. The maximum Gasteiger partial charge on any atom is 0.106 e. The lowest BCUT2D eigenvalue weighted by molar-refractivity contribution is -0.0979. The summed E-state index contributed by atoms with van der Waals surface area (Å²) in [6, 6.07) is 9.24. The van der Waals surface area contributed by atoms with Gasteiger partial charge in [0.05, 0.1) is 6.07 Å². The van der Waals surface area contributed by atoms with Crippen LogP contribution in [0.1, 0.15) is 6.92 Å². The summed E-state index contributed by atoms with van der Waals surface area (Å²) in [7, 11) is 0. The van der Waals surface area contributed by atoms with Gasteiger partial charge < -0.3 is 4.79 Å². The van der Waals surface area contributed by atoms with Crippen molar-refractivity contribution in [2.45, 2.75) is 6.92 Å². The third-order valence-corrected chi connectivity index (χ3v) is 1.58. The maximum absolute atomic E-state index is 8.00. The third kappa shape index (κ3) is 11.1. The largest absolute Gasteiger partial charge is 0.307 e. The van der Waals surface area contributed by atoms with Crippen LogP contribution in [0, 0.1) is 11.3 Å². The molecule has 0 spiro atoms. The van der Waals surface area contributed by atoms with E-state index in [4.69, 9.17) is 21.7 Å². The molecule has 1 aromatic rings.